The summed E-state index contributed by atoms with van der Waals surface area (Å²) in [6.45, 7) is 1.78. The summed E-state index contributed by atoms with van der Waals surface area (Å²) in [5.74, 6) is 1.69. The van der Waals surface area contributed by atoms with Gasteiger partial charge >= 0.3 is 0 Å². The minimum Gasteiger partial charge on any atom is -0.367 e. The number of carbonyl (C=O) groups excluding carboxylic acids is 2. The highest BCUT2D eigenvalue weighted by atomic mass is 16.5. The molecule has 2 amide bonds. The van der Waals surface area contributed by atoms with Gasteiger partial charge < -0.3 is 9.84 Å². The quantitative estimate of drug-likeness (QED) is 0.840. The van der Waals surface area contributed by atoms with E-state index in [2.05, 4.69) is 20.4 Å². The van der Waals surface area contributed by atoms with Gasteiger partial charge in [-0.25, -0.2) is 4.98 Å². The average Bonchev–Trinajstić information content (AvgIpc) is 3.22. The fourth-order valence-corrected chi connectivity index (χ4v) is 3.77. The van der Waals surface area contributed by atoms with Crippen LogP contribution < -0.4 is 5.32 Å². The van der Waals surface area contributed by atoms with Gasteiger partial charge in [0.05, 0.1) is 5.56 Å². The summed E-state index contributed by atoms with van der Waals surface area (Å²) < 4.78 is 5.27. The number of amides is 2. The van der Waals surface area contributed by atoms with Gasteiger partial charge in [-0.15, -0.1) is 0 Å². The van der Waals surface area contributed by atoms with Gasteiger partial charge in [-0.2, -0.15) is 4.98 Å². The van der Waals surface area contributed by atoms with E-state index in [0.717, 1.165) is 31.2 Å². The molecule has 2 aromatic heterocycles. The maximum Gasteiger partial charge on any atom is 0.261 e. The highest BCUT2D eigenvalue weighted by Gasteiger charge is 2.37. The summed E-state index contributed by atoms with van der Waals surface area (Å²) in [6, 6.07) is 4.01. The molecule has 8 nitrogen and oxygen atoms in total. The van der Waals surface area contributed by atoms with Crippen molar-refractivity contribution in [2.45, 2.75) is 57.5 Å². The van der Waals surface area contributed by atoms with Crippen LogP contribution in [0.3, 0.4) is 0 Å². The molecule has 1 aliphatic heterocycles. The molecular weight excluding hydrogens is 334 g/mol. The van der Waals surface area contributed by atoms with Crippen molar-refractivity contribution in [2.75, 3.05) is 5.32 Å². The van der Waals surface area contributed by atoms with Crippen LogP contribution in [0.2, 0.25) is 0 Å². The van der Waals surface area contributed by atoms with Crippen molar-refractivity contribution in [2.24, 2.45) is 0 Å². The van der Waals surface area contributed by atoms with E-state index in [1.54, 1.807) is 13.1 Å². The van der Waals surface area contributed by atoms with Crippen molar-refractivity contribution in [1.82, 2.24) is 20.0 Å². The van der Waals surface area contributed by atoms with Crippen LogP contribution in [0.5, 0.6) is 0 Å². The molecule has 2 aliphatic rings. The Bertz CT molecular complexity index is 810. The minimum atomic E-state index is -0.0230. The Labute approximate surface area is 151 Å². The predicted molar refractivity (Wildman–Crippen MR) is 93.0 cm³/mol. The zero-order valence-corrected chi connectivity index (χ0v) is 14.6. The third-order valence-electron chi connectivity index (χ3n) is 5.06. The number of likely N-dealkylation sites (tertiary alicyclic amines) is 1. The number of nitrogens with zero attached hydrogens (tertiary/aromatic N) is 4. The number of rotatable bonds is 4. The summed E-state index contributed by atoms with van der Waals surface area (Å²) in [4.78, 5) is 34.0. The minimum absolute atomic E-state index is 0.0230. The number of aryl methyl sites for hydroxylation is 1. The number of anilines is 1. The topological polar surface area (TPSA) is 101 Å². The van der Waals surface area contributed by atoms with Crippen molar-refractivity contribution < 1.29 is 14.1 Å². The van der Waals surface area contributed by atoms with Gasteiger partial charge in [0, 0.05) is 31.1 Å². The lowest BCUT2D eigenvalue weighted by Crippen LogP contribution is -2.43. The van der Waals surface area contributed by atoms with Crippen LogP contribution in [0.1, 0.15) is 44.3 Å². The molecule has 1 saturated heterocycles. The first-order chi connectivity index (χ1) is 12.6. The fourth-order valence-electron chi connectivity index (χ4n) is 3.77. The van der Waals surface area contributed by atoms with Crippen LogP contribution in [0.4, 0.5) is 5.82 Å². The summed E-state index contributed by atoms with van der Waals surface area (Å²) in [5.41, 5.74) is 0.778. The lowest BCUT2D eigenvalue weighted by atomic mass is 9.90. The molecule has 0 atom stereocenters. The molecule has 1 saturated carbocycles. The van der Waals surface area contributed by atoms with E-state index < -0.39 is 0 Å². The average molecular weight is 355 g/mol. The van der Waals surface area contributed by atoms with E-state index in [0.29, 0.717) is 30.4 Å². The zero-order chi connectivity index (χ0) is 18.1. The molecule has 4 rings (SSSR count). The smallest absolute Gasteiger partial charge is 0.261 e. The SMILES string of the molecule is Cc1noc(-c2cccnc2NC2CCC(N3C(=O)CCC3=O)CC2)n1. The second kappa shape index (κ2) is 6.86. The highest BCUT2D eigenvalue weighted by molar-refractivity contribution is 6.02. The monoisotopic (exact) mass is 355 g/mol. The molecule has 2 fully saturated rings. The molecule has 0 aromatic carbocycles. The third kappa shape index (κ3) is 3.18. The highest BCUT2D eigenvalue weighted by Crippen LogP contribution is 2.31. The van der Waals surface area contributed by atoms with Crippen LogP contribution in [-0.4, -0.2) is 43.9 Å². The molecule has 8 heteroatoms. The number of pyridine rings is 1. The number of hydrogen-bond donors (Lipinski definition) is 1. The lowest BCUT2D eigenvalue weighted by Gasteiger charge is -2.34. The first-order valence-corrected chi connectivity index (χ1v) is 8.99. The Morgan fingerprint density at radius 3 is 2.54 bits per heavy atom. The Balaban J connectivity index is 1.42. The van der Waals surface area contributed by atoms with Crippen LogP contribution in [0, 0.1) is 6.92 Å². The van der Waals surface area contributed by atoms with Crippen LogP contribution in [-0.2, 0) is 9.59 Å². The van der Waals surface area contributed by atoms with Gasteiger partial charge in [0.1, 0.15) is 5.82 Å². The van der Waals surface area contributed by atoms with E-state index >= 15 is 0 Å². The normalized spacial score (nSPS) is 23.5. The van der Waals surface area contributed by atoms with Gasteiger partial charge in [-0.3, -0.25) is 14.5 Å². The predicted octanol–water partition coefficient (Wildman–Crippen LogP) is 2.31. The molecule has 1 N–H and O–H groups in total. The first-order valence-electron chi connectivity index (χ1n) is 8.99. The molecule has 136 valence electrons. The van der Waals surface area contributed by atoms with Crippen LogP contribution in [0.15, 0.2) is 22.9 Å². The maximum atomic E-state index is 11.9. The van der Waals surface area contributed by atoms with E-state index in [1.165, 1.54) is 4.90 Å². The maximum absolute atomic E-state index is 11.9. The molecule has 2 aromatic rings. The van der Waals surface area contributed by atoms with E-state index in [4.69, 9.17) is 4.52 Å². The molecule has 3 heterocycles. The fraction of sp³-hybridized carbons (Fsp3) is 0.500. The van der Waals surface area contributed by atoms with Crippen molar-refractivity contribution in [3.8, 4) is 11.5 Å². The molecule has 0 bridgehead atoms. The Morgan fingerprint density at radius 2 is 1.88 bits per heavy atom. The van der Waals surface area contributed by atoms with Crippen molar-refractivity contribution in [1.29, 1.82) is 0 Å². The Morgan fingerprint density at radius 1 is 1.15 bits per heavy atom. The Hall–Kier alpha value is -2.77. The second-order valence-electron chi connectivity index (χ2n) is 6.85. The first kappa shape index (κ1) is 16.7. The van der Waals surface area contributed by atoms with Crippen LogP contribution >= 0.6 is 0 Å². The number of carbonyl (C=O) groups is 2. The molecule has 0 spiro atoms. The zero-order valence-electron chi connectivity index (χ0n) is 14.6. The summed E-state index contributed by atoms with van der Waals surface area (Å²) >= 11 is 0. The Kier molecular flexibility index (Phi) is 4.40. The molecular formula is C18H21N5O3. The van der Waals surface area contributed by atoms with Crippen molar-refractivity contribution >= 4 is 17.6 Å². The second-order valence-corrected chi connectivity index (χ2v) is 6.85. The van der Waals surface area contributed by atoms with Gasteiger partial charge in [0.25, 0.3) is 5.89 Å². The van der Waals surface area contributed by atoms with Gasteiger partial charge in [-0.05, 0) is 44.7 Å². The molecule has 0 radical (unpaired) electrons. The summed E-state index contributed by atoms with van der Waals surface area (Å²) in [7, 11) is 0. The number of nitrogens with one attached hydrogen (secondary N) is 1. The molecule has 1 aliphatic carbocycles. The number of hydrogen-bond acceptors (Lipinski definition) is 7. The van der Waals surface area contributed by atoms with E-state index in [1.807, 2.05) is 12.1 Å². The van der Waals surface area contributed by atoms with Gasteiger partial charge in [0.2, 0.25) is 11.8 Å². The molecule has 0 unspecified atom stereocenters. The summed E-state index contributed by atoms with van der Waals surface area (Å²) in [5, 5.41) is 7.30. The van der Waals surface area contributed by atoms with E-state index in [9.17, 15) is 9.59 Å². The van der Waals surface area contributed by atoms with Crippen molar-refractivity contribution in [3.05, 3.63) is 24.2 Å². The summed E-state index contributed by atoms with van der Waals surface area (Å²) in [6.07, 6.45) is 5.83. The van der Waals surface area contributed by atoms with Gasteiger partial charge in [-0.1, -0.05) is 5.16 Å². The van der Waals surface area contributed by atoms with Gasteiger partial charge in [0.15, 0.2) is 5.82 Å². The standard InChI is InChI=1S/C18H21N5O3/c1-11-20-18(26-22-11)14-3-2-10-19-17(14)21-12-4-6-13(7-5-12)23-15(24)8-9-16(23)25/h2-3,10,12-13H,4-9H2,1H3,(H,19,21). The molecule has 26 heavy (non-hydrogen) atoms. The van der Waals surface area contributed by atoms with Crippen molar-refractivity contribution in [3.63, 3.8) is 0 Å². The lowest BCUT2D eigenvalue weighted by molar-refractivity contribution is -0.141. The third-order valence-corrected chi connectivity index (χ3v) is 5.06. The number of aromatic nitrogens is 3. The van der Waals surface area contributed by atoms with E-state index in [-0.39, 0.29) is 23.9 Å². The number of imide groups is 1. The largest absolute Gasteiger partial charge is 0.367 e. The van der Waals surface area contributed by atoms with Crippen LogP contribution in [0.25, 0.3) is 11.5 Å².